The summed E-state index contributed by atoms with van der Waals surface area (Å²) in [7, 11) is 0. The molecule has 0 saturated heterocycles. The minimum absolute atomic E-state index is 0.0158. The van der Waals surface area contributed by atoms with Gasteiger partial charge in [0.1, 0.15) is 5.88 Å². The summed E-state index contributed by atoms with van der Waals surface area (Å²) >= 11 is 5.47. The van der Waals surface area contributed by atoms with E-state index in [0.717, 1.165) is 16.7 Å². The first-order valence-electron chi connectivity index (χ1n) is 6.06. The van der Waals surface area contributed by atoms with Gasteiger partial charge in [-0.3, -0.25) is 9.78 Å². The summed E-state index contributed by atoms with van der Waals surface area (Å²) in [6.45, 7) is 1.93. The predicted molar refractivity (Wildman–Crippen MR) is 77.0 cm³/mol. The van der Waals surface area contributed by atoms with Crippen LogP contribution in [-0.2, 0) is 4.79 Å². The van der Waals surface area contributed by atoms with Gasteiger partial charge in [-0.2, -0.15) is 0 Å². The lowest BCUT2D eigenvalue weighted by Crippen LogP contribution is -2.27. The highest BCUT2D eigenvalue weighted by atomic mass is 35.5. The Hall–Kier alpha value is -1.87. The second-order valence-corrected chi connectivity index (χ2v) is 4.55. The number of rotatable bonds is 4. The van der Waals surface area contributed by atoms with Gasteiger partial charge in [0.05, 0.1) is 6.04 Å². The van der Waals surface area contributed by atoms with E-state index < -0.39 is 0 Å². The summed E-state index contributed by atoms with van der Waals surface area (Å²) in [5.41, 5.74) is 3.23. The topological polar surface area (TPSA) is 42.0 Å². The van der Waals surface area contributed by atoms with Crippen molar-refractivity contribution in [1.82, 2.24) is 10.3 Å². The zero-order chi connectivity index (χ0) is 13.7. The molecule has 0 spiro atoms. The zero-order valence-corrected chi connectivity index (χ0v) is 11.4. The molecule has 1 amide bonds. The van der Waals surface area contributed by atoms with Crippen LogP contribution in [0.5, 0.6) is 0 Å². The van der Waals surface area contributed by atoms with Crippen LogP contribution in [0, 0.1) is 0 Å². The second-order valence-electron chi connectivity index (χ2n) is 4.29. The lowest BCUT2D eigenvalue weighted by Gasteiger charge is -2.14. The number of amides is 1. The quantitative estimate of drug-likeness (QED) is 0.870. The minimum Gasteiger partial charge on any atom is -0.349 e. The fraction of sp³-hybridized carbons (Fsp3) is 0.200. The number of pyridine rings is 1. The molecule has 1 aromatic carbocycles. The average molecular weight is 275 g/mol. The summed E-state index contributed by atoms with van der Waals surface area (Å²) in [5, 5.41) is 2.82. The summed E-state index contributed by atoms with van der Waals surface area (Å²) in [5.74, 6) is -0.177. The molecule has 98 valence electrons. The maximum absolute atomic E-state index is 11.2. The standard InChI is InChI=1S/C15H15ClN2O/c1-11(18-15(19)9-16)12-4-6-13(7-5-12)14-3-2-8-17-10-14/h2-8,10-11H,9H2,1H3,(H,18,19). The van der Waals surface area contributed by atoms with Gasteiger partial charge in [-0.15, -0.1) is 11.6 Å². The van der Waals surface area contributed by atoms with Crippen molar-refractivity contribution >= 4 is 17.5 Å². The molecule has 1 unspecified atom stereocenters. The van der Waals surface area contributed by atoms with Gasteiger partial charge < -0.3 is 5.32 Å². The maximum atomic E-state index is 11.2. The Morgan fingerprint density at radius 3 is 2.58 bits per heavy atom. The van der Waals surface area contributed by atoms with Gasteiger partial charge in [0, 0.05) is 12.4 Å². The van der Waals surface area contributed by atoms with E-state index in [9.17, 15) is 4.79 Å². The van der Waals surface area contributed by atoms with Gasteiger partial charge in [-0.25, -0.2) is 0 Å². The van der Waals surface area contributed by atoms with Crippen molar-refractivity contribution in [3.63, 3.8) is 0 Å². The number of nitrogens with zero attached hydrogens (tertiary/aromatic N) is 1. The second kappa shape index (κ2) is 6.34. The van der Waals surface area contributed by atoms with Crippen LogP contribution in [0.3, 0.4) is 0 Å². The zero-order valence-electron chi connectivity index (χ0n) is 10.6. The van der Waals surface area contributed by atoms with Crippen LogP contribution in [-0.4, -0.2) is 16.8 Å². The van der Waals surface area contributed by atoms with E-state index in [1.54, 1.807) is 6.20 Å². The lowest BCUT2D eigenvalue weighted by molar-refractivity contribution is -0.119. The van der Waals surface area contributed by atoms with Gasteiger partial charge in [0.25, 0.3) is 0 Å². The largest absolute Gasteiger partial charge is 0.349 e. The van der Waals surface area contributed by atoms with Crippen molar-refractivity contribution in [2.24, 2.45) is 0 Å². The van der Waals surface area contributed by atoms with Crippen molar-refractivity contribution in [1.29, 1.82) is 0 Å². The number of halogens is 1. The molecule has 1 heterocycles. The van der Waals surface area contributed by atoms with Gasteiger partial charge in [-0.05, 0) is 29.7 Å². The minimum atomic E-state index is -0.162. The number of carbonyl (C=O) groups excluding carboxylic acids is 1. The van der Waals surface area contributed by atoms with Crippen LogP contribution < -0.4 is 5.32 Å². The normalized spacial score (nSPS) is 11.9. The molecule has 4 heteroatoms. The molecule has 0 aliphatic rings. The van der Waals surface area contributed by atoms with Gasteiger partial charge >= 0.3 is 0 Å². The van der Waals surface area contributed by atoms with Crippen LogP contribution >= 0.6 is 11.6 Å². The first kappa shape index (κ1) is 13.6. The van der Waals surface area contributed by atoms with Crippen LogP contribution in [0.25, 0.3) is 11.1 Å². The van der Waals surface area contributed by atoms with E-state index in [-0.39, 0.29) is 17.8 Å². The Kier molecular flexibility index (Phi) is 4.53. The number of nitrogens with one attached hydrogen (secondary N) is 1. The summed E-state index contributed by atoms with van der Waals surface area (Å²) < 4.78 is 0. The average Bonchev–Trinajstić information content (AvgIpc) is 2.48. The molecule has 1 aromatic heterocycles. The Labute approximate surface area is 117 Å². The smallest absolute Gasteiger partial charge is 0.235 e. The highest BCUT2D eigenvalue weighted by Gasteiger charge is 2.08. The molecular weight excluding hydrogens is 260 g/mol. The monoisotopic (exact) mass is 274 g/mol. The Bertz CT molecular complexity index is 540. The molecule has 0 bridgehead atoms. The summed E-state index contributed by atoms with van der Waals surface area (Å²) in [6.07, 6.45) is 3.58. The molecule has 1 atom stereocenters. The Morgan fingerprint density at radius 2 is 2.00 bits per heavy atom. The van der Waals surface area contributed by atoms with Crippen molar-refractivity contribution in [3.05, 3.63) is 54.4 Å². The van der Waals surface area contributed by atoms with Gasteiger partial charge in [0.2, 0.25) is 5.91 Å². The number of hydrogen-bond donors (Lipinski definition) is 1. The molecule has 0 fully saturated rings. The number of alkyl halides is 1. The van der Waals surface area contributed by atoms with Crippen LogP contribution in [0.15, 0.2) is 48.8 Å². The number of aromatic nitrogens is 1. The molecule has 0 aliphatic carbocycles. The third kappa shape index (κ3) is 3.55. The molecular formula is C15H15ClN2O. The van der Waals surface area contributed by atoms with Crippen LogP contribution in [0.2, 0.25) is 0 Å². The number of carbonyl (C=O) groups is 1. The molecule has 1 N–H and O–H groups in total. The first-order valence-corrected chi connectivity index (χ1v) is 6.60. The highest BCUT2D eigenvalue weighted by molar-refractivity contribution is 6.27. The van der Waals surface area contributed by atoms with Crippen molar-refractivity contribution in [2.75, 3.05) is 5.88 Å². The van der Waals surface area contributed by atoms with Crippen LogP contribution in [0.1, 0.15) is 18.5 Å². The summed E-state index contributed by atoms with van der Waals surface area (Å²) in [6, 6.07) is 11.9. The van der Waals surface area contributed by atoms with Crippen molar-refractivity contribution in [2.45, 2.75) is 13.0 Å². The number of benzene rings is 1. The first-order chi connectivity index (χ1) is 9.20. The SMILES string of the molecule is CC(NC(=O)CCl)c1ccc(-c2cccnc2)cc1. The molecule has 0 radical (unpaired) electrons. The van der Waals surface area contributed by atoms with E-state index in [1.807, 2.05) is 49.5 Å². The fourth-order valence-electron chi connectivity index (χ4n) is 1.86. The maximum Gasteiger partial charge on any atom is 0.235 e. The Morgan fingerprint density at radius 1 is 1.26 bits per heavy atom. The van der Waals surface area contributed by atoms with Crippen molar-refractivity contribution in [3.8, 4) is 11.1 Å². The van der Waals surface area contributed by atoms with Gasteiger partial charge in [-0.1, -0.05) is 30.3 Å². The van der Waals surface area contributed by atoms with E-state index in [0.29, 0.717) is 0 Å². The van der Waals surface area contributed by atoms with Crippen molar-refractivity contribution < 1.29 is 4.79 Å². The Balaban J connectivity index is 2.12. The van der Waals surface area contributed by atoms with E-state index in [4.69, 9.17) is 11.6 Å². The predicted octanol–water partition coefficient (Wildman–Crippen LogP) is 3.16. The molecule has 19 heavy (non-hydrogen) atoms. The third-order valence-electron chi connectivity index (χ3n) is 2.90. The van der Waals surface area contributed by atoms with E-state index in [2.05, 4.69) is 10.3 Å². The molecule has 0 aliphatic heterocycles. The van der Waals surface area contributed by atoms with E-state index in [1.165, 1.54) is 0 Å². The van der Waals surface area contributed by atoms with Gasteiger partial charge in [0.15, 0.2) is 0 Å². The number of hydrogen-bond acceptors (Lipinski definition) is 2. The lowest BCUT2D eigenvalue weighted by atomic mass is 10.0. The molecule has 2 rings (SSSR count). The molecule has 0 saturated carbocycles. The fourth-order valence-corrected chi connectivity index (χ4v) is 1.94. The summed E-state index contributed by atoms with van der Waals surface area (Å²) in [4.78, 5) is 15.3. The van der Waals surface area contributed by atoms with Crippen LogP contribution in [0.4, 0.5) is 0 Å². The van der Waals surface area contributed by atoms with E-state index >= 15 is 0 Å². The molecule has 2 aromatic rings. The highest BCUT2D eigenvalue weighted by Crippen LogP contribution is 2.21. The molecule has 3 nitrogen and oxygen atoms in total. The third-order valence-corrected chi connectivity index (χ3v) is 3.15.